The number of nitrogens with zero attached hydrogens (tertiary/aromatic N) is 3. The molecule has 182 valence electrons. The number of rotatable bonds is 9. The lowest BCUT2D eigenvalue weighted by molar-refractivity contribution is 0.0792. The van der Waals surface area contributed by atoms with Crippen LogP contribution in [0.25, 0.3) is 11.4 Å². The van der Waals surface area contributed by atoms with Crippen molar-refractivity contribution in [1.82, 2.24) is 14.5 Å². The zero-order chi connectivity index (χ0) is 24.1. The van der Waals surface area contributed by atoms with Gasteiger partial charge in [0.25, 0.3) is 5.91 Å². The summed E-state index contributed by atoms with van der Waals surface area (Å²) in [4.78, 5) is 20.1. The number of para-hydroxylation sites is 1. The zero-order valence-corrected chi connectivity index (χ0v) is 21.9. The smallest absolute Gasteiger partial charge is 0.255 e. The third-order valence-corrected chi connectivity index (χ3v) is 7.79. The van der Waals surface area contributed by atoms with E-state index in [0.29, 0.717) is 23.4 Å². The summed E-state index contributed by atoms with van der Waals surface area (Å²) in [6.07, 6.45) is 8.13. The molecule has 1 aromatic carbocycles. The van der Waals surface area contributed by atoms with E-state index in [2.05, 4.69) is 29.9 Å². The second-order valence-electron chi connectivity index (χ2n) is 9.12. The van der Waals surface area contributed by atoms with Crippen molar-refractivity contribution in [2.75, 3.05) is 13.6 Å². The number of aromatic nitrogens is 2. The Morgan fingerprint density at radius 3 is 2.76 bits per heavy atom. The molecule has 1 aliphatic carbocycles. The average Bonchev–Trinajstić information content (AvgIpc) is 3.46. The first kappa shape index (κ1) is 24.8. The number of ether oxygens (including phenoxy) is 1. The molecule has 0 N–H and O–H groups in total. The fourth-order valence-electron chi connectivity index (χ4n) is 4.74. The highest BCUT2D eigenvalue weighted by Crippen LogP contribution is 2.37. The minimum atomic E-state index is 0.0965. The summed E-state index contributed by atoms with van der Waals surface area (Å²) in [5.41, 5.74) is 3.79. The fraction of sp³-hybridized carbons (Fsp3) is 0.481. The van der Waals surface area contributed by atoms with Crippen LogP contribution in [0.2, 0.25) is 5.02 Å². The number of carbonyl (C=O) groups is 1. The lowest BCUT2D eigenvalue weighted by atomic mass is 9.95. The molecule has 0 saturated heterocycles. The molecule has 1 amide bonds. The number of halogens is 1. The Labute approximate surface area is 211 Å². The Morgan fingerprint density at radius 2 is 2.03 bits per heavy atom. The molecule has 0 bridgehead atoms. The molecule has 0 spiro atoms. The first-order valence-corrected chi connectivity index (χ1v) is 13.5. The van der Waals surface area contributed by atoms with Crippen molar-refractivity contribution in [2.45, 2.75) is 71.4 Å². The second-order valence-corrected chi connectivity index (χ2v) is 10.5. The SMILES string of the molecule is CCCCN(C)C(=O)c1cc(-c2csc(COc3ccccc3Cl)n2)n(C2CCCCC2)c1C. The molecule has 0 aliphatic heterocycles. The summed E-state index contributed by atoms with van der Waals surface area (Å²) in [6.45, 7) is 5.38. The monoisotopic (exact) mass is 499 g/mol. The van der Waals surface area contributed by atoms with E-state index in [-0.39, 0.29) is 5.91 Å². The Balaban J connectivity index is 1.62. The molecular weight excluding hydrogens is 466 g/mol. The molecule has 1 saturated carbocycles. The highest BCUT2D eigenvalue weighted by Gasteiger charge is 2.27. The summed E-state index contributed by atoms with van der Waals surface area (Å²) in [7, 11) is 1.90. The summed E-state index contributed by atoms with van der Waals surface area (Å²) in [6, 6.07) is 9.95. The van der Waals surface area contributed by atoms with Crippen LogP contribution in [0.15, 0.2) is 35.7 Å². The summed E-state index contributed by atoms with van der Waals surface area (Å²) in [5, 5.41) is 3.56. The molecule has 3 aromatic rings. The van der Waals surface area contributed by atoms with Crippen LogP contribution in [-0.4, -0.2) is 34.0 Å². The minimum Gasteiger partial charge on any atom is -0.485 e. The average molecular weight is 500 g/mol. The van der Waals surface area contributed by atoms with Gasteiger partial charge in [0, 0.05) is 30.7 Å². The molecule has 2 aromatic heterocycles. The molecular formula is C27H34ClN3O2S. The van der Waals surface area contributed by atoms with E-state index in [1.807, 2.05) is 36.2 Å². The third kappa shape index (κ3) is 5.49. The van der Waals surface area contributed by atoms with Crippen molar-refractivity contribution in [2.24, 2.45) is 0 Å². The minimum absolute atomic E-state index is 0.0965. The van der Waals surface area contributed by atoms with Crippen molar-refractivity contribution < 1.29 is 9.53 Å². The summed E-state index contributed by atoms with van der Waals surface area (Å²) < 4.78 is 8.29. The normalized spacial score (nSPS) is 14.4. The molecule has 0 unspecified atom stereocenters. The molecule has 34 heavy (non-hydrogen) atoms. The van der Waals surface area contributed by atoms with Gasteiger partial charge in [-0.15, -0.1) is 11.3 Å². The van der Waals surface area contributed by atoms with E-state index >= 15 is 0 Å². The standard InChI is InChI=1S/C27H34ClN3O2S/c1-4-5-15-30(3)27(32)21-16-24(31(19(21)2)20-11-7-6-8-12-20)23-18-34-26(29-23)17-33-25-14-10-9-13-22(25)28/h9-10,13-14,16,18,20H,4-8,11-12,15,17H2,1-3H3. The molecule has 0 atom stereocenters. The highest BCUT2D eigenvalue weighted by molar-refractivity contribution is 7.09. The van der Waals surface area contributed by atoms with E-state index in [9.17, 15) is 4.79 Å². The number of amides is 1. The van der Waals surface area contributed by atoms with Crippen LogP contribution in [0, 0.1) is 6.92 Å². The van der Waals surface area contributed by atoms with Crippen LogP contribution < -0.4 is 4.74 Å². The van der Waals surface area contributed by atoms with Crippen molar-refractivity contribution >= 4 is 28.8 Å². The molecule has 1 aliphatic rings. The first-order chi connectivity index (χ1) is 16.5. The van der Waals surface area contributed by atoms with Crippen LogP contribution in [0.1, 0.15) is 79.0 Å². The van der Waals surface area contributed by atoms with Gasteiger partial charge in [-0.1, -0.05) is 56.3 Å². The van der Waals surface area contributed by atoms with Crippen LogP contribution in [0.3, 0.4) is 0 Å². The quantitative estimate of drug-likeness (QED) is 0.305. The van der Waals surface area contributed by atoms with Gasteiger partial charge in [-0.3, -0.25) is 4.79 Å². The predicted molar refractivity (Wildman–Crippen MR) is 140 cm³/mol. The van der Waals surface area contributed by atoms with Crippen molar-refractivity contribution in [3.63, 3.8) is 0 Å². The number of thiazole rings is 1. The fourth-order valence-corrected chi connectivity index (χ4v) is 5.63. The molecule has 7 heteroatoms. The number of hydrogen-bond donors (Lipinski definition) is 0. The molecule has 5 nitrogen and oxygen atoms in total. The largest absolute Gasteiger partial charge is 0.485 e. The highest BCUT2D eigenvalue weighted by atomic mass is 35.5. The van der Waals surface area contributed by atoms with Gasteiger partial charge in [-0.05, 0) is 44.4 Å². The van der Waals surface area contributed by atoms with Crippen LogP contribution in [-0.2, 0) is 6.61 Å². The maximum Gasteiger partial charge on any atom is 0.255 e. The van der Waals surface area contributed by atoms with Gasteiger partial charge >= 0.3 is 0 Å². The van der Waals surface area contributed by atoms with Crippen molar-refractivity contribution in [3.8, 4) is 17.1 Å². The van der Waals surface area contributed by atoms with Gasteiger partial charge in [0.2, 0.25) is 0 Å². The Bertz CT molecular complexity index is 1120. The van der Waals surface area contributed by atoms with Crippen molar-refractivity contribution in [3.05, 3.63) is 57.0 Å². The van der Waals surface area contributed by atoms with Crippen LogP contribution >= 0.6 is 22.9 Å². The zero-order valence-electron chi connectivity index (χ0n) is 20.3. The summed E-state index contributed by atoms with van der Waals surface area (Å²) in [5.74, 6) is 0.754. The Morgan fingerprint density at radius 1 is 1.26 bits per heavy atom. The van der Waals surface area contributed by atoms with E-state index in [1.54, 1.807) is 11.3 Å². The number of unbranched alkanes of at least 4 members (excludes halogenated alkanes) is 1. The van der Waals surface area contributed by atoms with Crippen molar-refractivity contribution in [1.29, 1.82) is 0 Å². The van der Waals surface area contributed by atoms with Gasteiger partial charge < -0.3 is 14.2 Å². The van der Waals surface area contributed by atoms with E-state index in [0.717, 1.165) is 59.9 Å². The Kier molecular flexibility index (Phi) is 8.32. The van der Waals surface area contributed by atoms with Crippen LogP contribution in [0.4, 0.5) is 0 Å². The van der Waals surface area contributed by atoms with Gasteiger partial charge in [0.1, 0.15) is 17.4 Å². The molecule has 2 heterocycles. The molecule has 1 fully saturated rings. The number of hydrogen-bond acceptors (Lipinski definition) is 4. The Hall–Kier alpha value is -2.31. The van der Waals surface area contributed by atoms with Gasteiger partial charge in [0.15, 0.2) is 0 Å². The van der Waals surface area contributed by atoms with E-state index in [1.165, 1.54) is 19.3 Å². The van der Waals surface area contributed by atoms with Gasteiger partial charge in [-0.2, -0.15) is 0 Å². The second kappa shape index (κ2) is 11.4. The van der Waals surface area contributed by atoms with Crippen LogP contribution in [0.5, 0.6) is 5.75 Å². The topological polar surface area (TPSA) is 47.4 Å². The molecule has 0 radical (unpaired) electrons. The van der Waals surface area contributed by atoms with Gasteiger partial charge in [-0.25, -0.2) is 4.98 Å². The van der Waals surface area contributed by atoms with E-state index in [4.69, 9.17) is 21.3 Å². The first-order valence-electron chi connectivity index (χ1n) is 12.3. The molecule has 4 rings (SSSR count). The maximum atomic E-state index is 13.3. The number of benzene rings is 1. The number of carbonyl (C=O) groups excluding carboxylic acids is 1. The lowest BCUT2D eigenvalue weighted by Crippen LogP contribution is -2.28. The van der Waals surface area contributed by atoms with E-state index < -0.39 is 0 Å². The predicted octanol–water partition coefficient (Wildman–Crippen LogP) is 7.53. The summed E-state index contributed by atoms with van der Waals surface area (Å²) >= 11 is 7.80. The lowest BCUT2D eigenvalue weighted by Gasteiger charge is -2.27. The van der Waals surface area contributed by atoms with Gasteiger partial charge in [0.05, 0.1) is 22.0 Å². The third-order valence-electron chi connectivity index (χ3n) is 6.66. The maximum absolute atomic E-state index is 13.3.